The number of fused-ring (bicyclic) bond motifs is 9. The van der Waals surface area contributed by atoms with Gasteiger partial charge in [-0.15, -0.1) is 22.7 Å². The molecule has 20 heteroatoms. The molecular weight excluding hydrogens is 1280 g/mol. The Bertz CT molecular complexity index is 4640. The molecule has 10 aromatic heterocycles. The van der Waals surface area contributed by atoms with E-state index in [4.69, 9.17) is 22.4 Å². The highest BCUT2D eigenvalue weighted by Crippen LogP contribution is 2.32. The van der Waals surface area contributed by atoms with Gasteiger partial charge in [-0.25, -0.2) is 29.9 Å². The van der Waals surface area contributed by atoms with Crippen molar-refractivity contribution >= 4 is 115 Å². The van der Waals surface area contributed by atoms with Gasteiger partial charge in [-0.3, -0.25) is 9.67 Å². The van der Waals surface area contributed by atoms with Crippen molar-refractivity contribution in [3.05, 3.63) is 248 Å². The number of oxazole rings is 3. The van der Waals surface area contributed by atoms with Crippen LogP contribution < -0.4 is 10.1 Å². The quantitative estimate of drug-likeness (QED) is 0.149. The summed E-state index contributed by atoms with van der Waals surface area (Å²) in [5, 5.41) is 20.5. The second-order valence-electron chi connectivity index (χ2n) is 24.6. The highest BCUT2D eigenvalue weighted by molar-refractivity contribution is 7.18. The number of ether oxygens (including phenoxy) is 1. The predicted octanol–water partition coefficient (Wildman–Crippen LogP) is 20.3. The number of furan rings is 1. The SMILES string of the molecule is Cc1cc2nc(C)oc2cn1.Cc1ccc2c(c1)OC(C)N2.Cc1ccc2cc(C)oc2c1.Cc1ccc2cn(C)nc2c1.Cc1ccc2nc(C)sc2c1.Cc1ccc2nn(C)nc2c1.Cc1ccc2oc(C)nc2c1.Cc1ccc2sc(C)nc2c1.Cc1cnc2oc(C)nc2c1. The zero-order valence-corrected chi connectivity index (χ0v) is 61.0. The van der Waals surface area contributed by atoms with E-state index < -0.39 is 0 Å². The number of nitrogens with one attached hydrogen (secondary N) is 1. The molecule has 1 aliphatic rings. The van der Waals surface area contributed by atoms with Gasteiger partial charge in [-0.05, 0) is 226 Å². The Morgan fingerprint density at radius 1 is 0.384 bits per heavy atom. The Morgan fingerprint density at radius 3 is 1.66 bits per heavy atom. The summed E-state index contributed by atoms with van der Waals surface area (Å²) >= 11 is 3.50. The first-order chi connectivity index (χ1) is 47.3. The van der Waals surface area contributed by atoms with Crippen LogP contribution in [0.5, 0.6) is 5.75 Å². The lowest BCUT2D eigenvalue weighted by molar-refractivity contribution is 0.274. The zero-order chi connectivity index (χ0) is 70.6. The summed E-state index contributed by atoms with van der Waals surface area (Å²) in [6, 6.07) is 49.4. The molecule has 506 valence electrons. The lowest BCUT2D eigenvalue weighted by atomic mass is 10.2. The Balaban J connectivity index is 0.000000120. The Morgan fingerprint density at radius 2 is 0.919 bits per heavy atom. The smallest absolute Gasteiger partial charge is 0.246 e. The molecule has 17 aromatic rings. The van der Waals surface area contributed by atoms with Crippen LogP contribution in [0, 0.1) is 104 Å². The molecule has 0 spiro atoms. The number of aryl methyl sites for hydroxylation is 17. The summed E-state index contributed by atoms with van der Waals surface area (Å²) in [6.07, 6.45) is 5.61. The number of hydrogen-bond acceptors (Lipinski definition) is 18. The number of benzene rings is 7. The number of pyridine rings is 2. The summed E-state index contributed by atoms with van der Waals surface area (Å²) in [5.41, 5.74) is 23.1. The third-order valence-corrected chi connectivity index (χ3v) is 16.9. The summed E-state index contributed by atoms with van der Waals surface area (Å²) in [6.45, 7) is 32.0. The molecule has 0 saturated heterocycles. The number of nitrogens with zero attached hydrogens (tertiary/aromatic N) is 12. The number of thiazole rings is 2. The van der Waals surface area contributed by atoms with Gasteiger partial charge in [-0.2, -0.15) is 20.1 Å². The molecule has 0 fully saturated rings. The molecule has 1 N–H and O–H groups in total. The maximum atomic E-state index is 5.48. The van der Waals surface area contributed by atoms with Crippen LogP contribution in [0.4, 0.5) is 5.69 Å². The van der Waals surface area contributed by atoms with E-state index >= 15 is 0 Å². The van der Waals surface area contributed by atoms with E-state index in [-0.39, 0.29) is 6.23 Å². The van der Waals surface area contributed by atoms with Crippen LogP contribution in [0.15, 0.2) is 182 Å². The highest BCUT2D eigenvalue weighted by atomic mass is 32.1. The molecule has 1 aliphatic heterocycles. The minimum atomic E-state index is 0.117. The van der Waals surface area contributed by atoms with Gasteiger partial charge in [0.1, 0.15) is 44.7 Å². The lowest BCUT2D eigenvalue weighted by Gasteiger charge is -2.01. The fourth-order valence-corrected chi connectivity index (χ4v) is 12.2. The van der Waals surface area contributed by atoms with Gasteiger partial charge in [0.05, 0.1) is 47.8 Å². The van der Waals surface area contributed by atoms with Crippen molar-refractivity contribution in [2.24, 2.45) is 14.1 Å². The maximum absolute atomic E-state index is 5.48. The van der Waals surface area contributed by atoms with E-state index in [0.717, 1.165) is 105 Å². The van der Waals surface area contributed by atoms with Crippen LogP contribution in [0.2, 0.25) is 0 Å². The van der Waals surface area contributed by atoms with Crippen molar-refractivity contribution in [2.75, 3.05) is 5.32 Å². The van der Waals surface area contributed by atoms with Crippen molar-refractivity contribution in [1.82, 2.24) is 59.7 Å². The van der Waals surface area contributed by atoms with E-state index in [1.807, 2.05) is 162 Å². The molecule has 1 unspecified atom stereocenters. The zero-order valence-electron chi connectivity index (χ0n) is 59.4. The average Bonchev–Trinajstić information content (AvgIpc) is 4.07. The first kappa shape index (κ1) is 70.8. The first-order valence-electron chi connectivity index (χ1n) is 32.4. The van der Waals surface area contributed by atoms with Gasteiger partial charge >= 0.3 is 0 Å². The van der Waals surface area contributed by atoms with Gasteiger partial charge in [-0.1, -0.05) is 54.6 Å². The molecule has 18 nitrogen and oxygen atoms in total. The second kappa shape index (κ2) is 31.9. The van der Waals surface area contributed by atoms with Crippen LogP contribution in [-0.4, -0.2) is 65.9 Å². The Kier molecular flexibility index (Phi) is 22.8. The summed E-state index contributed by atoms with van der Waals surface area (Å²) < 4.78 is 31.1. The molecule has 0 bridgehead atoms. The number of rotatable bonds is 0. The van der Waals surface area contributed by atoms with Crippen LogP contribution in [0.25, 0.3) is 86.8 Å². The normalized spacial score (nSPS) is 11.8. The van der Waals surface area contributed by atoms with E-state index in [2.05, 4.69) is 175 Å². The molecule has 18 rings (SSSR count). The van der Waals surface area contributed by atoms with Crippen molar-refractivity contribution < 1.29 is 22.4 Å². The third-order valence-electron chi connectivity index (χ3n) is 15.0. The topological polar surface area (TPSA) is 213 Å². The largest absolute Gasteiger partial charge is 0.469 e. The Hall–Kier alpha value is -11.0. The van der Waals surface area contributed by atoms with Crippen LogP contribution in [-0.2, 0) is 14.1 Å². The predicted molar refractivity (Wildman–Crippen MR) is 404 cm³/mol. The summed E-state index contributed by atoms with van der Waals surface area (Å²) in [7, 11) is 3.77. The van der Waals surface area contributed by atoms with Gasteiger partial charge in [0.2, 0.25) is 5.71 Å². The summed E-state index contributed by atoms with van der Waals surface area (Å²) in [5.74, 6) is 4.03. The lowest BCUT2D eigenvalue weighted by Crippen LogP contribution is -2.13. The van der Waals surface area contributed by atoms with Crippen LogP contribution in [0.3, 0.4) is 0 Å². The molecule has 0 aliphatic carbocycles. The Labute approximate surface area is 583 Å². The van der Waals surface area contributed by atoms with E-state index in [0.29, 0.717) is 17.5 Å². The minimum Gasteiger partial charge on any atom is -0.469 e. The molecule has 0 saturated carbocycles. The molecule has 1 atom stereocenters. The molecule has 99 heavy (non-hydrogen) atoms. The highest BCUT2D eigenvalue weighted by Gasteiger charge is 2.16. The molecular formula is C79H83N13O5S2. The van der Waals surface area contributed by atoms with Crippen molar-refractivity contribution in [2.45, 2.75) is 117 Å². The van der Waals surface area contributed by atoms with E-state index in [1.165, 1.54) is 59.1 Å². The van der Waals surface area contributed by atoms with Crippen LogP contribution in [0.1, 0.15) is 90.6 Å². The van der Waals surface area contributed by atoms with Crippen molar-refractivity contribution in [3.8, 4) is 5.75 Å². The standard InChI is InChI=1S/C10H10O.C9H10N2.C9H9NO.C9H11NO.2C9H9NS.C8H9N3.2C8H8N2O/c1-7-3-4-9-6-8(2)11-10(9)5-7;1-7-3-4-8-6-11(2)10-9(8)5-7;1-6-3-4-9-8(5-6)10-7(2)11-9;1-6-3-4-8-9(5-6)11-7(2)10-8;1-6-3-4-9-8(5-6)10-7(2)11-9;1-6-3-4-8-9(5-6)11-7(2)10-8;1-6-3-4-7-8(5-6)10-11(2)9-7;1-5-3-7-8(4-9-5)11-6(2)10-7;1-5-3-7-8(9-4-5)11-6(2)10-7/h2*3-6H,1-2H3;3-5H,1-2H3;3-5,7,10H,1-2H3;3*3-5H,1-2H3;2*3-4H,1-2H3. The maximum Gasteiger partial charge on any atom is 0.246 e. The van der Waals surface area contributed by atoms with E-state index in [1.54, 1.807) is 39.9 Å². The minimum absolute atomic E-state index is 0.117. The molecule has 0 radical (unpaired) electrons. The molecule has 7 aromatic carbocycles. The average molecular weight is 1360 g/mol. The third kappa shape index (κ3) is 19.9. The monoisotopic (exact) mass is 1360 g/mol. The fraction of sp³-hybridized carbons (Fsp3) is 0.241. The fourth-order valence-electron chi connectivity index (χ4n) is 10.5. The van der Waals surface area contributed by atoms with Gasteiger partial charge in [0.25, 0.3) is 0 Å². The van der Waals surface area contributed by atoms with Gasteiger partial charge in [0, 0.05) is 63.7 Å². The summed E-state index contributed by atoms with van der Waals surface area (Å²) in [4.78, 5) is 31.0. The van der Waals surface area contributed by atoms with E-state index in [9.17, 15) is 0 Å². The van der Waals surface area contributed by atoms with Crippen molar-refractivity contribution in [3.63, 3.8) is 0 Å². The van der Waals surface area contributed by atoms with Gasteiger partial charge in [0.15, 0.2) is 35.1 Å². The molecule has 11 heterocycles. The first-order valence-corrected chi connectivity index (χ1v) is 34.0. The number of hydrogen-bond donors (Lipinski definition) is 1. The van der Waals surface area contributed by atoms with Gasteiger partial charge < -0.3 is 27.7 Å². The van der Waals surface area contributed by atoms with Crippen molar-refractivity contribution in [1.29, 1.82) is 0 Å². The number of anilines is 1. The molecule has 0 amide bonds. The van der Waals surface area contributed by atoms with Crippen LogP contribution >= 0.6 is 22.7 Å². The second-order valence-corrected chi connectivity index (χ2v) is 27.0. The number of aromatic nitrogens is 12.